The van der Waals surface area contributed by atoms with Crippen LogP contribution in [0.4, 0.5) is 0 Å². The Kier molecular flexibility index (Phi) is 4.22. The fraction of sp³-hybridized carbons (Fsp3) is 0.923. The lowest BCUT2D eigenvalue weighted by Gasteiger charge is -2.29. The third-order valence-corrected chi connectivity index (χ3v) is 4.09. The van der Waals surface area contributed by atoms with Gasteiger partial charge in [0, 0.05) is 18.0 Å². The van der Waals surface area contributed by atoms with E-state index in [1.165, 1.54) is 32.1 Å². The van der Waals surface area contributed by atoms with Crippen LogP contribution in [0.2, 0.25) is 0 Å². The van der Waals surface area contributed by atoms with Gasteiger partial charge in [0.25, 0.3) is 0 Å². The van der Waals surface area contributed by atoms with Crippen molar-refractivity contribution in [3.63, 3.8) is 0 Å². The zero-order valence-corrected chi connectivity index (χ0v) is 10.1. The Bertz CT molecular complexity index is 228. The molecule has 0 spiro atoms. The van der Waals surface area contributed by atoms with Crippen molar-refractivity contribution < 1.29 is 4.79 Å². The van der Waals surface area contributed by atoms with E-state index in [9.17, 15) is 4.79 Å². The molecule has 0 bridgehead atoms. The summed E-state index contributed by atoms with van der Waals surface area (Å²) in [5, 5.41) is 3.22. The standard InChI is InChI=1S/C13H24N2O/c14-11-8-6-10(7-9-11)13(16)15-12-4-2-1-3-5-12/h10-12H,1-9,14H2,(H,15,16)/t10-,11+. The molecule has 0 heterocycles. The minimum Gasteiger partial charge on any atom is -0.353 e. The van der Waals surface area contributed by atoms with Crippen LogP contribution in [0.5, 0.6) is 0 Å². The molecular weight excluding hydrogens is 200 g/mol. The normalized spacial score (nSPS) is 32.3. The molecule has 2 aliphatic carbocycles. The molecule has 0 aliphatic heterocycles. The summed E-state index contributed by atoms with van der Waals surface area (Å²) in [5.74, 6) is 0.528. The molecular formula is C13H24N2O. The molecule has 0 radical (unpaired) electrons. The Morgan fingerprint density at radius 1 is 0.938 bits per heavy atom. The molecule has 2 saturated carbocycles. The van der Waals surface area contributed by atoms with Crippen molar-refractivity contribution in [3.05, 3.63) is 0 Å². The first kappa shape index (κ1) is 11.9. The smallest absolute Gasteiger partial charge is 0.223 e. The van der Waals surface area contributed by atoms with E-state index >= 15 is 0 Å². The fourth-order valence-electron chi connectivity index (χ4n) is 2.95. The molecule has 3 nitrogen and oxygen atoms in total. The second kappa shape index (κ2) is 5.67. The van der Waals surface area contributed by atoms with E-state index in [4.69, 9.17) is 5.73 Å². The van der Waals surface area contributed by atoms with Crippen molar-refractivity contribution in [2.24, 2.45) is 11.7 Å². The number of hydrogen-bond acceptors (Lipinski definition) is 2. The maximum Gasteiger partial charge on any atom is 0.223 e. The quantitative estimate of drug-likeness (QED) is 0.753. The summed E-state index contributed by atoms with van der Waals surface area (Å²) in [6.45, 7) is 0. The first-order chi connectivity index (χ1) is 7.75. The molecule has 2 rings (SSSR count). The number of amides is 1. The molecule has 16 heavy (non-hydrogen) atoms. The van der Waals surface area contributed by atoms with Gasteiger partial charge >= 0.3 is 0 Å². The number of nitrogens with one attached hydrogen (secondary N) is 1. The molecule has 0 saturated heterocycles. The first-order valence-corrected chi connectivity index (χ1v) is 6.81. The Morgan fingerprint density at radius 2 is 1.56 bits per heavy atom. The fourth-order valence-corrected chi connectivity index (χ4v) is 2.95. The average molecular weight is 224 g/mol. The second-order valence-corrected chi connectivity index (χ2v) is 5.46. The van der Waals surface area contributed by atoms with Crippen LogP contribution in [0.15, 0.2) is 0 Å². The molecule has 1 amide bonds. The lowest BCUT2D eigenvalue weighted by Crippen LogP contribution is -2.42. The predicted octanol–water partition coefficient (Wildman–Crippen LogP) is 1.95. The number of carbonyl (C=O) groups excluding carboxylic acids is 1. The third-order valence-electron chi connectivity index (χ3n) is 4.09. The van der Waals surface area contributed by atoms with Gasteiger partial charge in [-0.15, -0.1) is 0 Å². The van der Waals surface area contributed by atoms with Gasteiger partial charge in [-0.1, -0.05) is 19.3 Å². The molecule has 3 N–H and O–H groups in total. The van der Waals surface area contributed by atoms with E-state index in [2.05, 4.69) is 5.32 Å². The molecule has 0 aromatic carbocycles. The van der Waals surface area contributed by atoms with Crippen LogP contribution in [0, 0.1) is 5.92 Å². The molecule has 0 aromatic rings. The van der Waals surface area contributed by atoms with Crippen molar-refractivity contribution in [1.29, 1.82) is 0 Å². The van der Waals surface area contributed by atoms with Crippen LogP contribution in [0.25, 0.3) is 0 Å². The van der Waals surface area contributed by atoms with Crippen molar-refractivity contribution in [3.8, 4) is 0 Å². The summed E-state index contributed by atoms with van der Waals surface area (Å²) < 4.78 is 0. The molecule has 2 fully saturated rings. The Labute approximate surface area is 98.2 Å². The highest BCUT2D eigenvalue weighted by Gasteiger charge is 2.26. The highest BCUT2D eigenvalue weighted by molar-refractivity contribution is 5.79. The molecule has 92 valence electrons. The second-order valence-electron chi connectivity index (χ2n) is 5.46. The van der Waals surface area contributed by atoms with Gasteiger partial charge in [0.1, 0.15) is 0 Å². The first-order valence-electron chi connectivity index (χ1n) is 6.81. The maximum absolute atomic E-state index is 12.0. The van der Waals surface area contributed by atoms with Gasteiger partial charge in [-0.05, 0) is 38.5 Å². The van der Waals surface area contributed by atoms with Crippen molar-refractivity contribution in [1.82, 2.24) is 5.32 Å². The van der Waals surface area contributed by atoms with Gasteiger partial charge in [-0.2, -0.15) is 0 Å². The zero-order chi connectivity index (χ0) is 11.4. The third kappa shape index (κ3) is 3.21. The SMILES string of the molecule is N[C@H]1CC[C@@H](C(=O)NC2CCCCC2)CC1. The molecule has 2 aliphatic rings. The Balaban J connectivity index is 1.74. The number of carbonyl (C=O) groups is 1. The van der Waals surface area contributed by atoms with E-state index in [0.29, 0.717) is 18.0 Å². The largest absolute Gasteiger partial charge is 0.353 e. The highest BCUT2D eigenvalue weighted by atomic mass is 16.1. The predicted molar refractivity (Wildman–Crippen MR) is 64.9 cm³/mol. The number of nitrogens with two attached hydrogens (primary N) is 1. The summed E-state index contributed by atoms with van der Waals surface area (Å²) in [7, 11) is 0. The van der Waals surface area contributed by atoms with Gasteiger partial charge in [0.05, 0.1) is 0 Å². The van der Waals surface area contributed by atoms with Crippen LogP contribution >= 0.6 is 0 Å². The highest BCUT2D eigenvalue weighted by Crippen LogP contribution is 2.24. The van der Waals surface area contributed by atoms with Crippen molar-refractivity contribution in [2.45, 2.75) is 69.9 Å². The van der Waals surface area contributed by atoms with Crippen LogP contribution in [-0.4, -0.2) is 18.0 Å². The van der Waals surface area contributed by atoms with E-state index in [1.54, 1.807) is 0 Å². The summed E-state index contributed by atoms with van der Waals surface area (Å²) >= 11 is 0. The lowest BCUT2D eigenvalue weighted by molar-refractivity contribution is -0.126. The van der Waals surface area contributed by atoms with Crippen LogP contribution in [0.1, 0.15) is 57.8 Å². The summed E-state index contributed by atoms with van der Waals surface area (Å²) in [5.41, 5.74) is 5.85. The summed E-state index contributed by atoms with van der Waals surface area (Å²) in [4.78, 5) is 12.0. The molecule has 3 heteroatoms. The van der Waals surface area contributed by atoms with E-state index < -0.39 is 0 Å². The average Bonchev–Trinajstić information content (AvgIpc) is 2.31. The van der Waals surface area contributed by atoms with Gasteiger partial charge in [0.15, 0.2) is 0 Å². The Hall–Kier alpha value is -0.570. The molecule has 0 atom stereocenters. The molecule has 0 aromatic heterocycles. The van der Waals surface area contributed by atoms with Crippen LogP contribution < -0.4 is 11.1 Å². The topological polar surface area (TPSA) is 55.1 Å². The Morgan fingerprint density at radius 3 is 2.19 bits per heavy atom. The summed E-state index contributed by atoms with van der Waals surface area (Å²) in [6, 6.07) is 0.788. The molecule has 0 unspecified atom stereocenters. The van der Waals surface area contributed by atoms with Crippen LogP contribution in [0.3, 0.4) is 0 Å². The number of rotatable bonds is 2. The van der Waals surface area contributed by atoms with Gasteiger partial charge < -0.3 is 11.1 Å². The minimum atomic E-state index is 0.238. The van der Waals surface area contributed by atoms with E-state index in [-0.39, 0.29) is 5.92 Å². The monoisotopic (exact) mass is 224 g/mol. The van der Waals surface area contributed by atoms with E-state index in [0.717, 1.165) is 25.7 Å². The maximum atomic E-state index is 12.0. The van der Waals surface area contributed by atoms with Gasteiger partial charge in [-0.3, -0.25) is 4.79 Å². The summed E-state index contributed by atoms with van der Waals surface area (Å²) in [6.07, 6.45) is 10.3. The van der Waals surface area contributed by atoms with E-state index in [1.807, 2.05) is 0 Å². The van der Waals surface area contributed by atoms with Crippen molar-refractivity contribution >= 4 is 5.91 Å². The minimum absolute atomic E-state index is 0.238. The van der Waals surface area contributed by atoms with Gasteiger partial charge in [0.2, 0.25) is 5.91 Å². The lowest BCUT2D eigenvalue weighted by atomic mass is 9.85. The van der Waals surface area contributed by atoms with Gasteiger partial charge in [-0.25, -0.2) is 0 Å². The number of hydrogen-bond donors (Lipinski definition) is 2. The zero-order valence-electron chi connectivity index (χ0n) is 10.1. The van der Waals surface area contributed by atoms with Crippen LogP contribution in [-0.2, 0) is 4.79 Å². The van der Waals surface area contributed by atoms with Crippen molar-refractivity contribution in [2.75, 3.05) is 0 Å².